The van der Waals surface area contributed by atoms with Crippen molar-refractivity contribution in [2.24, 2.45) is 0 Å². The lowest BCUT2D eigenvalue weighted by atomic mass is 10.0. The normalized spacial score (nSPS) is 12.2. The maximum atomic E-state index is 6.30. The number of hydrogen-bond donors (Lipinski definition) is 0. The molecule has 0 aliphatic heterocycles. The molecule has 0 saturated carbocycles. The number of hydrogen-bond acceptors (Lipinski definition) is 6. The molecule has 1 rings (SSSR count). The molecule has 0 radical (unpaired) electrons. The van der Waals surface area contributed by atoms with Crippen molar-refractivity contribution in [3.63, 3.8) is 0 Å². The van der Waals surface area contributed by atoms with E-state index in [1.54, 1.807) is 0 Å². The first-order valence-electron chi connectivity index (χ1n) is 24.4. The zero-order chi connectivity index (χ0) is 40.7. The monoisotopic (exact) mass is 791 g/mol. The van der Waals surface area contributed by atoms with Crippen LogP contribution in [0.5, 0.6) is 0 Å². The summed E-state index contributed by atoms with van der Waals surface area (Å²) in [6.07, 6.45) is 34.7. The molecular formula is C50H94O6. The highest BCUT2D eigenvalue weighted by Crippen LogP contribution is 2.27. The number of unbranched alkanes of at least 4 members (excludes halogenated alkanes) is 18. The van der Waals surface area contributed by atoms with Crippen LogP contribution in [0.2, 0.25) is 0 Å². The third-order valence-electron chi connectivity index (χ3n) is 10.8. The minimum atomic E-state index is -0.846. The van der Waals surface area contributed by atoms with Crippen molar-refractivity contribution in [1.29, 1.82) is 0 Å². The van der Waals surface area contributed by atoms with Crippen molar-refractivity contribution in [3.8, 4) is 0 Å². The summed E-state index contributed by atoms with van der Waals surface area (Å²) < 4.78 is 37.8. The average molecular weight is 791 g/mol. The topological polar surface area (TPSA) is 55.4 Å². The first-order chi connectivity index (χ1) is 27.5. The SMILES string of the molecule is CCCCOC(CCCCCCCCCc1ccc(CCCCCCCCCC(OCCCC)(OCCCC)OCCCC)cc1)(OCCCC)OCCCC. The van der Waals surface area contributed by atoms with E-state index >= 15 is 0 Å². The van der Waals surface area contributed by atoms with Crippen molar-refractivity contribution in [3.05, 3.63) is 35.4 Å². The Morgan fingerprint density at radius 1 is 0.286 bits per heavy atom. The second kappa shape index (κ2) is 38.2. The highest BCUT2D eigenvalue weighted by atomic mass is 16.9. The molecule has 0 unspecified atom stereocenters. The van der Waals surface area contributed by atoms with Gasteiger partial charge in [0.15, 0.2) is 0 Å². The first kappa shape index (κ1) is 53.0. The maximum Gasteiger partial charge on any atom is 0.282 e. The van der Waals surface area contributed by atoms with E-state index in [2.05, 4.69) is 65.8 Å². The molecule has 0 aliphatic carbocycles. The summed E-state index contributed by atoms with van der Waals surface area (Å²) >= 11 is 0. The second-order valence-corrected chi connectivity index (χ2v) is 16.3. The van der Waals surface area contributed by atoms with E-state index in [1.165, 1.54) is 101 Å². The van der Waals surface area contributed by atoms with Crippen molar-refractivity contribution in [2.75, 3.05) is 39.6 Å². The van der Waals surface area contributed by atoms with Gasteiger partial charge in [0.25, 0.3) is 11.9 Å². The quantitative estimate of drug-likeness (QED) is 0.0485. The Hall–Kier alpha value is -1.02. The van der Waals surface area contributed by atoms with E-state index in [0.29, 0.717) is 39.6 Å². The largest absolute Gasteiger partial charge is 0.327 e. The molecule has 0 atom stereocenters. The smallest absolute Gasteiger partial charge is 0.282 e. The van der Waals surface area contributed by atoms with Gasteiger partial charge in [-0.05, 0) is 88.2 Å². The Kier molecular flexibility index (Phi) is 36.2. The molecule has 0 saturated heterocycles. The van der Waals surface area contributed by atoms with Gasteiger partial charge in [-0.1, -0.05) is 169 Å². The molecule has 0 fully saturated rings. The van der Waals surface area contributed by atoms with Crippen LogP contribution in [0, 0.1) is 0 Å². The van der Waals surface area contributed by atoms with E-state index in [-0.39, 0.29) is 0 Å². The predicted molar refractivity (Wildman–Crippen MR) is 238 cm³/mol. The Labute approximate surface area is 348 Å². The summed E-state index contributed by atoms with van der Waals surface area (Å²) in [6.45, 7) is 17.5. The number of rotatable bonds is 44. The van der Waals surface area contributed by atoms with Crippen LogP contribution in [0.15, 0.2) is 24.3 Å². The van der Waals surface area contributed by atoms with Crippen molar-refractivity contribution < 1.29 is 28.4 Å². The molecule has 0 N–H and O–H groups in total. The number of benzene rings is 1. The fraction of sp³-hybridized carbons (Fsp3) is 0.880. The number of ether oxygens (including phenoxy) is 6. The highest BCUT2D eigenvalue weighted by Gasteiger charge is 2.34. The van der Waals surface area contributed by atoms with Crippen LogP contribution in [0.4, 0.5) is 0 Å². The van der Waals surface area contributed by atoms with Gasteiger partial charge in [0.05, 0.1) is 39.6 Å². The second-order valence-electron chi connectivity index (χ2n) is 16.3. The molecule has 6 nitrogen and oxygen atoms in total. The molecule has 0 bridgehead atoms. The fourth-order valence-corrected chi connectivity index (χ4v) is 6.90. The zero-order valence-electron chi connectivity index (χ0n) is 38.2. The third-order valence-corrected chi connectivity index (χ3v) is 10.8. The summed E-state index contributed by atoms with van der Waals surface area (Å²) in [6, 6.07) is 9.50. The van der Waals surface area contributed by atoms with E-state index in [4.69, 9.17) is 28.4 Å². The Morgan fingerprint density at radius 2 is 0.500 bits per heavy atom. The van der Waals surface area contributed by atoms with E-state index < -0.39 is 11.9 Å². The molecule has 330 valence electrons. The molecule has 6 heteroatoms. The standard InChI is InChI=1S/C50H94O6/c1-7-13-41-51-49(52-42-14-8-2,53-43-15-9-3)39-31-27-23-19-21-25-29-33-47-35-37-48(38-36-47)34-30-26-22-20-24-28-32-40-50(54-44-16-10-4,55-45-17-11-5)56-46-18-12-6/h35-38H,7-34,39-46H2,1-6H3. The summed E-state index contributed by atoms with van der Waals surface area (Å²) in [5, 5.41) is 0. The summed E-state index contributed by atoms with van der Waals surface area (Å²) in [7, 11) is 0. The van der Waals surface area contributed by atoms with Gasteiger partial charge in [0, 0.05) is 12.8 Å². The van der Waals surface area contributed by atoms with Crippen LogP contribution >= 0.6 is 0 Å². The third kappa shape index (κ3) is 28.4. The van der Waals surface area contributed by atoms with Gasteiger partial charge < -0.3 is 28.4 Å². The van der Waals surface area contributed by atoms with Gasteiger partial charge in [0.1, 0.15) is 0 Å². The lowest BCUT2D eigenvalue weighted by molar-refractivity contribution is -0.384. The van der Waals surface area contributed by atoms with Crippen molar-refractivity contribution >= 4 is 0 Å². The molecule has 0 aliphatic rings. The van der Waals surface area contributed by atoms with Crippen molar-refractivity contribution in [1.82, 2.24) is 0 Å². The van der Waals surface area contributed by atoms with Crippen molar-refractivity contribution in [2.45, 2.75) is 246 Å². The summed E-state index contributed by atoms with van der Waals surface area (Å²) in [5.74, 6) is -1.69. The predicted octanol–water partition coefficient (Wildman–Crippen LogP) is 15.2. The Balaban J connectivity index is 2.24. The van der Waals surface area contributed by atoms with Crippen LogP contribution in [0.1, 0.15) is 232 Å². The first-order valence-corrected chi connectivity index (χ1v) is 24.4. The summed E-state index contributed by atoms with van der Waals surface area (Å²) in [5.41, 5.74) is 2.98. The minimum Gasteiger partial charge on any atom is -0.327 e. The van der Waals surface area contributed by atoms with Gasteiger partial charge in [-0.2, -0.15) is 0 Å². The van der Waals surface area contributed by atoms with Gasteiger partial charge in [-0.15, -0.1) is 0 Å². The summed E-state index contributed by atoms with van der Waals surface area (Å²) in [4.78, 5) is 0. The molecule has 1 aromatic carbocycles. The average Bonchev–Trinajstić information content (AvgIpc) is 3.20. The van der Waals surface area contributed by atoms with E-state index in [0.717, 1.165) is 103 Å². The van der Waals surface area contributed by atoms with Crippen LogP contribution in [-0.2, 0) is 41.3 Å². The van der Waals surface area contributed by atoms with E-state index in [9.17, 15) is 0 Å². The zero-order valence-corrected chi connectivity index (χ0v) is 38.2. The Bertz CT molecular complexity index is 808. The maximum absolute atomic E-state index is 6.30. The molecule has 1 aromatic rings. The Morgan fingerprint density at radius 3 is 0.732 bits per heavy atom. The molecule has 56 heavy (non-hydrogen) atoms. The minimum absolute atomic E-state index is 0.710. The van der Waals surface area contributed by atoms with Crippen LogP contribution < -0.4 is 0 Å². The lowest BCUT2D eigenvalue weighted by Gasteiger charge is -2.33. The molecule has 0 amide bonds. The van der Waals surface area contributed by atoms with Gasteiger partial charge in [-0.25, -0.2) is 0 Å². The van der Waals surface area contributed by atoms with E-state index in [1.807, 2.05) is 0 Å². The van der Waals surface area contributed by atoms with Gasteiger partial charge >= 0.3 is 0 Å². The van der Waals surface area contributed by atoms with Crippen LogP contribution in [0.3, 0.4) is 0 Å². The molecule has 0 aromatic heterocycles. The van der Waals surface area contributed by atoms with Crippen LogP contribution in [0.25, 0.3) is 0 Å². The lowest BCUT2D eigenvalue weighted by Crippen LogP contribution is -2.40. The van der Waals surface area contributed by atoms with Crippen LogP contribution in [-0.4, -0.2) is 51.6 Å². The van der Waals surface area contributed by atoms with Gasteiger partial charge in [0.2, 0.25) is 0 Å². The highest BCUT2D eigenvalue weighted by molar-refractivity contribution is 5.22. The molecular weight excluding hydrogens is 697 g/mol. The number of aryl methyl sites for hydroxylation is 2. The molecule has 0 spiro atoms. The molecule has 0 heterocycles. The fourth-order valence-electron chi connectivity index (χ4n) is 6.90. The van der Waals surface area contributed by atoms with Gasteiger partial charge in [-0.3, -0.25) is 0 Å².